The van der Waals surface area contributed by atoms with Crippen LogP contribution in [0.25, 0.3) is 0 Å². The van der Waals surface area contributed by atoms with Crippen molar-refractivity contribution >= 4 is 11.6 Å². The molecule has 0 radical (unpaired) electrons. The normalized spacial score (nSPS) is 11.2. The molecule has 0 unspecified atom stereocenters. The summed E-state index contributed by atoms with van der Waals surface area (Å²) in [5.41, 5.74) is 5.43. The van der Waals surface area contributed by atoms with Crippen LogP contribution in [0.4, 0.5) is 5.69 Å². The minimum Gasteiger partial charge on any atom is -0.326 e. The topological polar surface area (TPSA) is 58.9 Å². The lowest BCUT2D eigenvalue weighted by Crippen LogP contribution is -2.14. The minimum absolute atomic E-state index is 0.0426. The zero-order valence-corrected chi connectivity index (χ0v) is 16.7. The van der Waals surface area contributed by atoms with Crippen LogP contribution in [0.2, 0.25) is 0 Å². The van der Waals surface area contributed by atoms with E-state index in [4.69, 9.17) is 0 Å². The molecular formula is C21H32N4O. The number of aryl methyl sites for hydroxylation is 1. The van der Waals surface area contributed by atoms with E-state index < -0.39 is 0 Å². The first-order chi connectivity index (χ1) is 12.4. The van der Waals surface area contributed by atoms with Crippen molar-refractivity contribution in [2.24, 2.45) is 5.92 Å². The van der Waals surface area contributed by atoms with E-state index in [0.717, 1.165) is 37.4 Å². The van der Waals surface area contributed by atoms with Gasteiger partial charge in [-0.25, -0.2) is 0 Å². The van der Waals surface area contributed by atoms with E-state index in [1.54, 1.807) is 0 Å². The van der Waals surface area contributed by atoms with Crippen molar-refractivity contribution in [3.63, 3.8) is 0 Å². The van der Waals surface area contributed by atoms with Crippen LogP contribution in [-0.2, 0) is 24.3 Å². The molecule has 142 valence electrons. The van der Waals surface area contributed by atoms with Crippen molar-refractivity contribution in [2.75, 3.05) is 11.9 Å². The molecule has 0 spiro atoms. The largest absolute Gasteiger partial charge is 0.326 e. The van der Waals surface area contributed by atoms with Crippen LogP contribution >= 0.6 is 0 Å². The minimum atomic E-state index is 0.0426. The molecule has 2 N–H and O–H groups in total. The van der Waals surface area contributed by atoms with Crippen LogP contribution in [0, 0.1) is 19.8 Å². The molecule has 2 aromatic rings. The van der Waals surface area contributed by atoms with E-state index in [1.165, 1.54) is 16.8 Å². The van der Waals surface area contributed by atoms with Crippen LogP contribution in [0.15, 0.2) is 24.3 Å². The number of anilines is 1. The number of nitrogens with zero attached hydrogens (tertiary/aromatic N) is 2. The lowest BCUT2D eigenvalue weighted by Gasteiger charge is -2.09. The van der Waals surface area contributed by atoms with Gasteiger partial charge >= 0.3 is 0 Å². The fourth-order valence-electron chi connectivity index (χ4n) is 3.11. The van der Waals surface area contributed by atoms with Gasteiger partial charge in [0, 0.05) is 30.9 Å². The van der Waals surface area contributed by atoms with Gasteiger partial charge in [0.25, 0.3) is 0 Å². The Morgan fingerprint density at radius 1 is 1.27 bits per heavy atom. The van der Waals surface area contributed by atoms with Crippen molar-refractivity contribution in [3.05, 3.63) is 46.8 Å². The number of carbonyl (C=O) groups is 1. The second-order valence-electron chi connectivity index (χ2n) is 7.25. The third-order valence-electron chi connectivity index (χ3n) is 4.46. The van der Waals surface area contributed by atoms with Gasteiger partial charge in [-0.1, -0.05) is 32.9 Å². The van der Waals surface area contributed by atoms with Gasteiger partial charge in [0.05, 0.1) is 5.69 Å². The van der Waals surface area contributed by atoms with E-state index in [1.807, 2.05) is 25.1 Å². The van der Waals surface area contributed by atoms with Gasteiger partial charge < -0.3 is 10.6 Å². The van der Waals surface area contributed by atoms with Crippen molar-refractivity contribution in [1.82, 2.24) is 15.1 Å². The first-order valence-electron chi connectivity index (χ1n) is 9.53. The van der Waals surface area contributed by atoms with Crippen LogP contribution in [0.1, 0.15) is 49.7 Å². The second-order valence-corrected chi connectivity index (χ2v) is 7.25. The number of nitrogens with one attached hydrogen (secondary N) is 2. The summed E-state index contributed by atoms with van der Waals surface area (Å²) in [6, 6.07) is 8.00. The van der Waals surface area contributed by atoms with E-state index in [2.05, 4.69) is 54.2 Å². The number of rotatable bonds is 9. The van der Waals surface area contributed by atoms with Gasteiger partial charge in [0.2, 0.25) is 5.91 Å². The number of amides is 1. The Balaban J connectivity index is 1.94. The Hall–Kier alpha value is -2.14. The van der Waals surface area contributed by atoms with Crippen LogP contribution < -0.4 is 10.6 Å². The third-order valence-corrected chi connectivity index (χ3v) is 4.46. The molecule has 5 heteroatoms. The Morgan fingerprint density at radius 3 is 2.73 bits per heavy atom. The molecule has 0 aliphatic carbocycles. The number of hydrogen-bond acceptors (Lipinski definition) is 3. The average molecular weight is 357 g/mol. The highest BCUT2D eigenvalue weighted by atomic mass is 16.1. The predicted molar refractivity (Wildman–Crippen MR) is 107 cm³/mol. The quantitative estimate of drug-likeness (QED) is 0.718. The van der Waals surface area contributed by atoms with Crippen molar-refractivity contribution in [3.8, 4) is 0 Å². The Kier molecular flexibility index (Phi) is 7.39. The van der Waals surface area contributed by atoms with Gasteiger partial charge in [-0.3, -0.25) is 9.48 Å². The van der Waals surface area contributed by atoms with Crippen LogP contribution in [0.5, 0.6) is 0 Å². The monoisotopic (exact) mass is 356 g/mol. The Bertz CT molecular complexity index is 734. The second kappa shape index (κ2) is 9.53. The summed E-state index contributed by atoms with van der Waals surface area (Å²) < 4.78 is 2.07. The van der Waals surface area contributed by atoms with Gasteiger partial charge in [0.1, 0.15) is 0 Å². The molecule has 1 heterocycles. The lowest BCUT2D eigenvalue weighted by molar-refractivity contribution is -0.116. The van der Waals surface area contributed by atoms with E-state index in [-0.39, 0.29) is 5.91 Å². The number of benzene rings is 1. The highest BCUT2D eigenvalue weighted by Gasteiger charge is 2.14. The van der Waals surface area contributed by atoms with Gasteiger partial charge in [0.15, 0.2) is 0 Å². The SMILES string of the molecule is CCNCc1cccc(NC(=O)CCc2c(C)nn(CC(C)C)c2C)c1. The fourth-order valence-corrected chi connectivity index (χ4v) is 3.11. The molecule has 1 aromatic heterocycles. The van der Waals surface area contributed by atoms with Crippen LogP contribution in [-0.4, -0.2) is 22.2 Å². The average Bonchev–Trinajstić information content (AvgIpc) is 2.84. The number of aromatic nitrogens is 2. The number of carbonyl (C=O) groups excluding carboxylic acids is 1. The van der Waals surface area contributed by atoms with Crippen molar-refractivity contribution < 1.29 is 4.79 Å². The molecule has 26 heavy (non-hydrogen) atoms. The smallest absolute Gasteiger partial charge is 0.224 e. The van der Waals surface area contributed by atoms with Crippen LogP contribution in [0.3, 0.4) is 0 Å². The highest BCUT2D eigenvalue weighted by Crippen LogP contribution is 2.17. The van der Waals surface area contributed by atoms with Gasteiger partial charge in [-0.2, -0.15) is 5.10 Å². The summed E-state index contributed by atoms with van der Waals surface area (Å²) in [5, 5.41) is 10.9. The molecule has 0 aliphatic heterocycles. The molecule has 1 amide bonds. The van der Waals surface area contributed by atoms with Crippen molar-refractivity contribution in [2.45, 2.75) is 60.5 Å². The molecule has 2 rings (SSSR count). The van der Waals surface area contributed by atoms with E-state index in [0.29, 0.717) is 12.3 Å². The molecule has 0 saturated heterocycles. The molecule has 1 aromatic carbocycles. The summed E-state index contributed by atoms with van der Waals surface area (Å²) in [7, 11) is 0. The maximum atomic E-state index is 12.4. The lowest BCUT2D eigenvalue weighted by atomic mass is 10.1. The van der Waals surface area contributed by atoms with Crippen molar-refractivity contribution in [1.29, 1.82) is 0 Å². The standard InChI is InChI=1S/C21H32N4O/c1-6-22-13-18-8-7-9-19(12-18)23-21(26)11-10-20-16(4)24-25(17(20)5)14-15(2)3/h7-9,12,15,22H,6,10-11,13-14H2,1-5H3,(H,23,26). The molecule has 0 saturated carbocycles. The molecular weight excluding hydrogens is 324 g/mol. The van der Waals surface area contributed by atoms with E-state index >= 15 is 0 Å². The first-order valence-corrected chi connectivity index (χ1v) is 9.53. The Labute approximate surface area is 157 Å². The Morgan fingerprint density at radius 2 is 2.04 bits per heavy atom. The van der Waals surface area contributed by atoms with Gasteiger partial charge in [-0.05, 0) is 56.0 Å². The molecule has 0 fully saturated rings. The highest BCUT2D eigenvalue weighted by molar-refractivity contribution is 5.90. The summed E-state index contributed by atoms with van der Waals surface area (Å²) in [6.45, 7) is 13.2. The molecule has 0 aliphatic rings. The zero-order valence-electron chi connectivity index (χ0n) is 16.7. The first kappa shape index (κ1) is 20.2. The molecule has 0 bridgehead atoms. The zero-order chi connectivity index (χ0) is 19.1. The molecule has 5 nitrogen and oxygen atoms in total. The summed E-state index contributed by atoms with van der Waals surface area (Å²) in [4.78, 5) is 12.4. The fraction of sp³-hybridized carbons (Fsp3) is 0.524. The summed E-state index contributed by atoms with van der Waals surface area (Å²) >= 11 is 0. The maximum absolute atomic E-state index is 12.4. The van der Waals surface area contributed by atoms with E-state index in [9.17, 15) is 4.79 Å². The molecule has 0 atom stereocenters. The van der Waals surface area contributed by atoms with Gasteiger partial charge in [-0.15, -0.1) is 0 Å². The summed E-state index contributed by atoms with van der Waals surface area (Å²) in [5.74, 6) is 0.597. The summed E-state index contributed by atoms with van der Waals surface area (Å²) in [6.07, 6.45) is 1.19. The predicted octanol–water partition coefficient (Wildman–Crippen LogP) is 3.84. The number of hydrogen-bond donors (Lipinski definition) is 2. The third kappa shape index (κ3) is 5.70. The maximum Gasteiger partial charge on any atom is 0.224 e.